The third kappa shape index (κ3) is 2.97. The van der Waals surface area contributed by atoms with Crippen molar-refractivity contribution in [3.63, 3.8) is 0 Å². The lowest BCUT2D eigenvalue weighted by atomic mass is 10.3. The molecule has 1 rings (SSSR count). The highest BCUT2D eigenvalue weighted by Crippen LogP contribution is 2.21. The summed E-state index contributed by atoms with van der Waals surface area (Å²) in [5.41, 5.74) is 0.284. The van der Waals surface area contributed by atoms with Crippen LogP contribution in [0.3, 0.4) is 0 Å². The van der Waals surface area contributed by atoms with Crippen molar-refractivity contribution in [1.29, 1.82) is 0 Å². The molecule has 0 atom stereocenters. The molecule has 0 spiro atoms. The Labute approximate surface area is 86.3 Å². The Morgan fingerprint density at radius 3 is 2.93 bits per heavy atom. The van der Waals surface area contributed by atoms with Gasteiger partial charge in [0.15, 0.2) is 0 Å². The van der Waals surface area contributed by atoms with Crippen LogP contribution in [0.2, 0.25) is 5.02 Å². The number of carbonyl (C=O) groups is 1. The van der Waals surface area contributed by atoms with Crippen LogP contribution in [-0.4, -0.2) is 19.5 Å². The first kappa shape index (κ1) is 10.9. The molecule has 0 saturated heterocycles. The second kappa shape index (κ2) is 4.93. The van der Waals surface area contributed by atoms with Crippen LogP contribution in [0.15, 0.2) is 18.2 Å². The maximum absolute atomic E-state index is 12.8. The Morgan fingerprint density at radius 1 is 1.57 bits per heavy atom. The highest BCUT2D eigenvalue weighted by Gasteiger charge is 2.05. The van der Waals surface area contributed by atoms with E-state index in [0.29, 0.717) is 5.02 Å². The van der Waals surface area contributed by atoms with E-state index in [1.54, 1.807) is 7.05 Å². The number of likely N-dealkylation sites (N-methyl/N-ethyl adjacent to an activating group) is 1. The Bertz CT molecular complexity index is 344. The quantitative estimate of drug-likeness (QED) is 0.807. The zero-order valence-electron chi connectivity index (χ0n) is 7.60. The predicted molar refractivity (Wildman–Crippen MR) is 54.0 cm³/mol. The van der Waals surface area contributed by atoms with Crippen molar-refractivity contribution < 1.29 is 9.18 Å². The molecule has 3 nitrogen and oxygen atoms in total. The largest absolute Gasteiger partial charge is 0.324 e. The summed E-state index contributed by atoms with van der Waals surface area (Å²) in [6, 6.07) is 3.80. The molecular formula is C9H10ClFN2O. The number of hydrogen-bond donors (Lipinski definition) is 2. The monoisotopic (exact) mass is 216 g/mol. The van der Waals surface area contributed by atoms with Crippen LogP contribution in [0.5, 0.6) is 0 Å². The minimum atomic E-state index is -0.436. The number of hydrogen-bond acceptors (Lipinski definition) is 2. The molecule has 1 aromatic carbocycles. The van der Waals surface area contributed by atoms with Gasteiger partial charge in [-0.2, -0.15) is 0 Å². The molecule has 0 radical (unpaired) electrons. The lowest BCUT2D eigenvalue weighted by molar-refractivity contribution is -0.115. The minimum Gasteiger partial charge on any atom is -0.324 e. The van der Waals surface area contributed by atoms with Gasteiger partial charge in [-0.1, -0.05) is 11.6 Å². The fourth-order valence-electron chi connectivity index (χ4n) is 0.948. The fourth-order valence-corrected chi connectivity index (χ4v) is 1.11. The number of rotatable bonds is 3. The predicted octanol–water partition coefficient (Wildman–Crippen LogP) is 1.64. The fraction of sp³-hybridized carbons (Fsp3) is 0.222. The van der Waals surface area contributed by atoms with E-state index in [2.05, 4.69) is 10.6 Å². The number of anilines is 1. The van der Waals surface area contributed by atoms with Gasteiger partial charge in [-0.05, 0) is 25.2 Å². The van der Waals surface area contributed by atoms with Crippen LogP contribution in [-0.2, 0) is 4.79 Å². The molecule has 0 aliphatic carbocycles. The van der Waals surface area contributed by atoms with Crippen molar-refractivity contribution in [1.82, 2.24) is 5.32 Å². The second-order valence-corrected chi connectivity index (χ2v) is 3.11. The number of carbonyl (C=O) groups excluding carboxylic acids is 1. The first-order valence-corrected chi connectivity index (χ1v) is 4.41. The number of benzene rings is 1. The molecule has 0 saturated carbocycles. The molecule has 14 heavy (non-hydrogen) atoms. The molecule has 0 aliphatic heterocycles. The maximum Gasteiger partial charge on any atom is 0.238 e. The molecule has 0 aromatic heterocycles. The Hall–Kier alpha value is -1.13. The van der Waals surface area contributed by atoms with Gasteiger partial charge in [0.05, 0.1) is 17.3 Å². The third-order valence-corrected chi connectivity index (χ3v) is 1.87. The van der Waals surface area contributed by atoms with E-state index < -0.39 is 5.82 Å². The van der Waals surface area contributed by atoms with E-state index in [4.69, 9.17) is 11.6 Å². The molecule has 2 N–H and O–H groups in total. The van der Waals surface area contributed by atoms with Crippen LogP contribution in [0.1, 0.15) is 0 Å². The molecule has 0 fully saturated rings. The summed E-state index contributed by atoms with van der Waals surface area (Å²) in [5, 5.41) is 5.47. The van der Waals surface area contributed by atoms with Crippen LogP contribution < -0.4 is 10.6 Å². The van der Waals surface area contributed by atoms with Crippen molar-refractivity contribution in [2.75, 3.05) is 18.9 Å². The van der Waals surface area contributed by atoms with Crippen LogP contribution in [0.25, 0.3) is 0 Å². The lowest BCUT2D eigenvalue weighted by Crippen LogP contribution is -2.25. The van der Waals surface area contributed by atoms with E-state index in [1.807, 2.05) is 0 Å². The Kier molecular flexibility index (Phi) is 3.85. The molecule has 0 bridgehead atoms. The van der Waals surface area contributed by atoms with Crippen molar-refractivity contribution in [3.8, 4) is 0 Å². The van der Waals surface area contributed by atoms with Gasteiger partial charge >= 0.3 is 0 Å². The molecule has 0 heterocycles. The van der Waals surface area contributed by atoms with Gasteiger partial charge in [0.25, 0.3) is 0 Å². The van der Waals surface area contributed by atoms with Crippen molar-refractivity contribution in [3.05, 3.63) is 29.0 Å². The SMILES string of the molecule is CNCC(=O)Nc1cc(F)ccc1Cl. The van der Waals surface area contributed by atoms with E-state index in [1.165, 1.54) is 18.2 Å². The molecule has 76 valence electrons. The van der Waals surface area contributed by atoms with Gasteiger partial charge in [0.1, 0.15) is 5.82 Å². The topological polar surface area (TPSA) is 41.1 Å². The average Bonchev–Trinajstić information content (AvgIpc) is 2.12. The highest BCUT2D eigenvalue weighted by atomic mass is 35.5. The first-order valence-electron chi connectivity index (χ1n) is 4.03. The van der Waals surface area contributed by atoms with Gasteiger partial charge in [-0.3, -0.25) is 4.79 Å². The average molecular weight is 217 g/mol. The number of nitrogens with one attached hydrogen (secondary N) is 2. The summed E-state index contributed by atoms with van der Waals surface area (Å²) in [7, 11) is 1.65. The summed E-state index contributed by atoms with van der Waals surface area (Å²) < 4.78 is 12.8. The summed E-state index contributed by atoms with van der Waals surface area (Å²) in [6.07, 6.45) is 0. The summed E-state index contributed by atoms with van der Waals surface area (Å²) in [4.78, 5) is 11.1. The van der Waals surface area contributed by atoms with Gasteiger partial charge in [-0.15, -0.1) is 0 Å². The van der Waals surface area contributed by atoms with E-state index in [0.717, 1.165) is 0 Å². The third-order valence-electron chi connectivity index (χ3n) is 1.54. The number of amides is 1. The molecule has 0 aliphatic rings. The highest BCUT2D eigenvalue weighted by molar-refractivity contribution is 6.33. The summed E-state index contributed by atoms with van der Waals surface area (Å²) in [6.45, 7) is 0.160. The van der Waals surface area contributed by atoms with Gasteiger partial charge in [-0.25, -0.2) is 4.39 Å². The van der Waals surface area contributed by atoms with E-state index in [-0.39, 0.29) is 18.1 Å². The van der Waals surface area contributed by atoms with Crippen LogP contribution >= 0.6 is 11.6 Å². The molecule has 5 heteroatoms. The van der Waals surface area contributed by atoms with Crippen molar-refractivity contribution in [2.45, 2.75) is 0 Å². The van der Waals surface area contributed by atoms with Crippen LogP contribution in [0, 0.1) is 5.82 Å². The van der Waals surface area contributed by atoms with E-state index in [9.17, 15) is 9.18 Å². The summed E-state index contributed by atoms with van der Waals surface area (Å²) in [5.74, 6) is -0.700. The first-order chi connectivity index (χ1) is 6.63. The zero-order chi connectivity index (χ0) is 10.6. The standard InChI is InChI=1S/C9H10ClFN2O/c1-12-5-9(14)13-8-4-6(11)2-3-7(8)10/h2-4,12H,5H2,1H3,(H,13,14). The van der Waals surface area contributed by atoms with Gasteiger partial charge < -0.3 is 10.6 Å². The van der Waals surface area contributed by atoms with Crippen molar-refractivity contribution in [2.24, 2.45) is 0 Å². The minimum absolute atomic E-state index is 0.160. The maximum atomic E-state index is 12.8. The Balaban J connectivity index is 2.75. The molecule has 1 aromatic rings. The summed E-state index contributed by atoms with van der Waals surface area (Å²) >= 11 is 5.74. The normalized spacial score (nSPS) is 9.93. The van der Waals surface area contributed by atoms with Gasteiger partial charge in [0, 0.05) is 0 Å². The lowest BCUT2D eigenvalue weighted by Gasteiger charge is -2.06. The molecule has 1 amide bonds. The van der Waals surface area contributed by atoms with Gasteiger partial charge in [0.2, 0.25) is 5.91 Å². The number of halogens is 2. The van der Waals surface area contributed by atoms with E-state index >= 15 is 0 Å². The molecular weight excluding hydrogens is 207 g/mol. The Morgan fingerprint density at radius 2 is 2.29 bits per heavy atom. The van der Waals surface area contributed by atoms with Crippen molar-refractivity contribution >= 4 is 23.2 Å². The molecule has 0 unspecified atom stereocenters. The van der Waals surface area contributed by atoms with Crippen LogP contribution in [0.4, 0.5) is 10.1 Å². The zero-order valence-corrected chi connectivity index (χ0v) is 8.36. The second-order valence-electron chi connectivity index (χ2n) is 2.70. The smallest absolute Gasteiger partial charge is 0.238 e.